The molecule has 134 valence electrons. The number of nitrogens with one attached hydrogen (secondary N) is 2. The van der Waals surface area contributed by atoms with Crippen LogP contribution in [0.5, 0.6) is 0 Å². The fourth-order valence-corrected chi connectivity index (χ4v) is 3.49. The zero-order valence-corrected chi connectivity index (χ0v) is 15.6. The number of carbonyl (C=O) groups is 2. The Morgan fingerprint density at radius 3 is 2.60 bits per heavy atom. The number of rotatable bonds is 6. The molecule has 4 nitrogen and oxygen atoms in total. The van der Waals surface area contributed by atoms with E-state index in [9.17, 15) is 9.59 Å². The van der Waals surface area contributed by atoms with Crippen molar-refractivity contribution in [2.24, 2.45) is 5.41 Å². The number of allylic oxidation sites excluding steroid dienone is 1. The van der Waals surface area contributed by atoms with Gasteiger partial charge in [0.2, 0.25) is 11.8 Å². The Kier molecular flexibility index (Phi) is 5.70. The van der Waals surface area contributed by atoms with Crippen molar-refractivity contribution < 1.29 is 9.59 Å². The average molecular weight is 381 g/mol. The van der Waals surface area contributed by atoms with Gasteiger partial charge in [-0.15, -0.1) is 0 Å². The van der Waals surface area contributed by atoms with Crippen molar-refractivity contribution in [3.63, 3.8) is 0 Å². The zero-order chi connectivity index (χ0) is 17.9. The highest BCUT2D eigenvalue weighted by atomic mass is 35.5. The highest BCUT2D eigenvalue weighted by Crippen LogP contribution is 2.47. The first kappa shape index (κ1) is 18.3. The third-order valence-corrected chi connectivity index (χ3v) is 5.48. The van der Waals surface area contributed by atoms with Crippen molar-refractivity contribution in [3.05, 3.63) is 39.9 Å². The van der Waals surface area contributed by atoms with Gasteiger partial charge in [0.05, 0.1) is 10.7 Å². The van der Waals surface area contributed by atoms with Crippen LogP contribution in [0, 0.1) is 5.41 Å². The van der Waals surface area contributed by atoms with Crippen LogP contribution in [0.15, 0.2) is 29.8 Å². The van der Waals surface area contributed by atoms with Gasteiger partial charge in [0.1, 0.15) is 5.41 Å². The lowest BCUT2D eigenvalue weighted by Gasteiger charge is -2.17. The van der Waals surface area contributed by atoms with Gasteiger partial charge < -0.3 is 10.6 Å². The molecule has 0 heterocycles. The van der Waals surface area contributed by atoms with Crippen LogP contribution in [0.2, 0.25) is 10.0 Å². The molecule has 0 aromatic heterocycles. The van der Waals surface area contributed by atoms with Gasteiger partial charge in [-0.3, -0.25) is 9.59 Å². The number of amides is 2. The molecule has 25 heavy (non-hydrogen) atoms. The number of carbonyl (C=O) groups excluding carboxylic acids is 2. The molecule has 1 aromatic carbocycles. The van der Waals surface area contributed by atoms with Crippen molar-refractivity contribution >= 4 is 40.7 Å². The van der Waals surface area contributed by atoms with Gasteiger partial charge in [-0.1, -0.05) is 34.9 Å². The maximum Gasteiger partial charge on any atom is 0.240 e. The van der Waals surface area contributed by atoms with E-state index in [-0.39, 0.29) is 11.8 Å². The van der Waals surface area contributed by atoms with E-state index in [0.29, 0.717) is 35.1 Å². The Labute approximate surface area is 158 Å². The number of halogens is 2. The third kappa shape index (κ3) is 4.36. The summed E-state index contributed by atoms with van der Waals surface area (Å²) in [5.41, 5.74) is 0.879. The molecular formula is C19H22Cl2N2O2. The fraction of sp³-hybridized carbons (Fsp3) is 0.474. The highest BCUT2D eigenvalue weighted by molar-refractivity contribution is 6.36. The maximum atomic E-state index is 12.6. The Morgan fingerprint density at radius 1 is 1.12 bits per heavy atom. The first-order chi connectivity index (χ1) is 12.0. The molecule has 0 saturated heterocycles. The van der Waals surface area contributed by atoms with Gasteiger partial charge in [0.25, 0.3) is 0 Å². The number of benzene rings is 1. The van der Waals surface area contributed by atoms with Crippen LogP contribution in [0.3, 0.4) is 0 Å². The SMILES string of the molecule is O=C(NCCC1=CCCCC1)C1(C(=O)Nc2cc(Cl)ccc2Cl)CC1. The van der Waals surface area contributed by atoms with E-state index >= 15 is 0 Å². The smallest absolute Gasteiger partial charge is 0.240 e. The molecule has 0 unspecified atom stereocenters. The molecule has 0 aliphatic heterocycles. The van der Waals surface area contributed by atoms with E-state index in [0.717, 1.165) is 19.3 Å². The quantitative estimate of drug-likeness (QED) is 0.553. The minimum atomic E-state index is -0.966. The second-order valence-electron chi connectivity index (χ2n) is 6.77. The number of hydrogen-bond acceptors (Lipinski definition) is 2. The normalized spacial score (nSPS) is 18.2. The summed E-state index contributed by atoms with van der Waals surface area (Å²) < 4.78 is 0. The molecule has 2 aliphatic rings. The van der Waals surface area contributed by atoms with E-state index in [1.165, 1.54) is 18.4 Å². The van der Waals surface area contributed by atoms with Crippen LogP contribution < -0.4 is 10.6 Å². The first-order valence-electron chi connectivity index (χ1n) is 8.74. The minimum absolute atomic E-state index is 0.195. The minimum Gasteiger partial charge on any atom is -0.355 e. The van der Waals surface area contributed by atoms with E-state index in [1.807, 2.05) is 0 Å². The fourth-order valence-electron chi connectivity index (χ4n) is 3.15. The van der Waals surface area contributed by atoms with Gasteiger partial charge in [0.15, 0.2) is 0 Å². The summed E-state index contributed by atoms with van der Waals surface area (Å²) in [5.74, 6) is -0.509. The lowest BCUT2D eigenvalue weighted by Crippen LogP contribution is -2.40. The van der Waals surface area contributed by atoms with Crippen LogP contribution in [-0.4, -0.2) is 18.4 Å². The van der Waals surface area contributed by atoms with Crippen LogP contribution in [-0.2, 0) is 9.59 Å². The summed E-state index contributed by atoms with van der Waals surface area (Å²) >= 11 is 12.0. The van der Waals surface area contributed by atoms with Crippen LogP contribution in [0.1, 0.15) is 44.9 Å². The Hall–Kier alpha value is -1.52. The van der Waals surface area contributed by atoms with Gasteiger partial charge in [0, 0.05) is 11.6 Å². The summed E-state index contributed by atoms with van der Waals surface area (Å²) in [5, 5.41) is 6.56. The highest BCUT2D eigenvalue weighted by Gasteiger charge is 2.56. The summed E-state index contributed by atoms with van der Waals surface area (Å²) in [4.78, 5) is 25.1. The molecule has 6 heteroatoms. The second kappa shape index (κ2) is 7.79. The number of hydrogen-bond donors (Lipinski definition) is 2. The van der Waals surface area contributed by atoms with Crippen LogP contribution >= 0.6 is 23.2 Å². The van der Waals surface area contributed by atoms with Crippen molar-refractivity contribution in [3.8, 4) is 0 Å². The van der Waals surface area contributed by atoms with Crippen molar-refractivity contribution in [2.45, 2.75) is 44.9 Å². The molecule has 1 saturated carbocycles. The van der Waals surface area contributed by atoms with Crippen LogP contribution in [0.4, 0.5) is 5.69 Å². The summed E-state index contributed by atoms with van der Waals surface area (Å²) in [7, 11) is 0. The molecule has 1 aromatic rings. The molecule has 1 fully saturated rings. The predicted octanol–water partition coefficient (Wildman–Crippen LogP) is 4.72. The average Bonchev–Trinajstić information content (AvgIpc) is 3.41. The van der Waals surface area contributed by atoms with E-state index < -0.39 is 5.41 Å². The first-order valence-corrected chi connectivity index (χ1v) is 9.49. The predicted molar refractivity (Wildman–Crippen MR) is 101 cm³/mol. The Balaban J connectivity index is 1.55. The van der Waals surface area contributed by atoms with Gasteiger partial charge in [-0.05, 0) is 63.1 Å². The standard InChI is InChI=1S/C19H22Cl2N2O2/c20-14-6-7-15(21)16(12-14)23-18(25)19(9-10-19)17(24)22-11-8-13-4-2-1-3-5-13/h4,6-7,12H,1-3,5,8-11H2,(H,22,24)(H,23,25). The number of anilines is 1. The van der Waals surface area contributed by atoms with Crippen molar-refractivity contribution in [1.82, 2.24) is 5.32 Å². The Bertz CT molecular complexity index is 711. The zero-order valence-electron chi connectivity index (χ0n) is 14.0. The van der Waals surface area contributed by atoms with E-state index in [4.69, 9.17) is 23.2 Å². The molecule has 0 atom stereocenters. The molecule has 2 amide bonds. The molecule has 2 aliphatic carbocycles. The summed E-state index contributed by atoms with van der Waals surface area (Å²) in [6.45, 7) is 0.581. The topological polar surface area (TPSA) is 58.2 Å². The molecule has 0 spiro atoms. The van der Waals surface area contributed by atoms with Gasteiger partial charge in [-0.2, -0.15) is 0 Å². The summed E-state index contributed by atoms with van der Waals surface area (Å²) in [6.07, 6.45) is 9.00. The second-order valence-corrected chi connectivity index (χ2v) is 7.62. The van der Waals surface area contributed by atoms with Gasteiger partial charge in [-0.25, -0.2) is 0 Å². The largest absolute Gasteiger partial charge is 0.355 e. The molecule has 0 bridgehead atoms. The van der Waals surface area contributed by atoms with Crippen LogP contribution in [0.25, 0.3) is 0 Å². The third-order valence-electron chi connectivity index (χ3n) is 4.91. The summed E-state index contributed by atoms with van der Waals surface area (Å²) in [6, 6.07) is 4.86. The Morgan fingerprint density at radius 2 is 1.92 bits per heavy atom. The van der Waals surface area contributed by atoms with Crippen molar-refractivity contribution in [2.75, 3.05) is 11.9 Å². The lowest BCUT2D eigenvalue weighted by molar-refractivity contribution is -0.134. The molecule has 0 radical (unpaired) electrons. The van der Waals surface area contributed by atoms with E-state index in [1.54, 1.807) is 18.2 Å². The maximum absolute atomic E-state index is 12.6. The van der Waals surface area contributed by atoms with Crippen molar-refractivity contribution in [1.29, 1.82) is 0 Å². The van der Waals surface area contributed by atoms with E-state index in [2.05, 4.69) is 16.7 Å². The molecular weight excluding hydrogens is 359 g/mol. The molecule has 2 N–H and O–H groups in total. The van der Waals surface area contributed by atoms with Gasteiger partial charge >= 0.3 is 0 Å². The monoisotopic (exact) mass is 380 g/mol. The molecule has 3 rings (SSSR count). The lowest BCUT2D eigenvalue weighted by atomic mass is 9.97.